The Balaban J connectivity index is 1.49. The number of hydrogen-bond acceptors (Lipinski definition) is 4. The number of thiophene rings is 1. The molecule has 4 nitrogen and oxygen atoms in total. The van der Waals surface area contributed by atoms with Crippen molar-refractivity contribution in [1.29, 1.82) is 0 Å². The quantitative estimate of drug-likeness (QED) is 0.803. The summed E-state index contributed by atoms with van der Waals surface area (Å²) in [6, 6.07) is 9.41. The first-order valence-corrected chi connectivity index (χ1v) is 9.71. The van der Waals surface area contributed by atoms with Crippen LogP contribution in [0.25, 0.3) is 0 Å². The maximum absolute atomic E-state index is 12.4. The minimum absolute atomic E-state index is 0.0646. The molecule has 0 spiro atoms. The lowest BCUT2D eigenvalue weighted by Gasteiger charge is -2.37. The van der Waals surface area contributed by atoms with Gasteiger partial charge >= 0.3 is 0 Å². The summed E-state index contributed by atoms with van der Waals surface area (Å²) in [6.45, 7) is 1.04. The molecule has 3 heterocycles. The van der Waals surface area contributed by atoms with Crippen LogP contribution in [0.2, 0.25) is 0 Å². The first-order valence-electron chi connectivity index (χ1n) is 8.76. The Morgan fingerprint density at radius 2 is 2.08 bits per heavy atom. The summed E-state index contributed by atoms with van der Waals surface area (Å²) in [5, 5.41) is 14.9. The van der Waals surface area contributed by atoms with Crippen LogP contribution >= 0.6 is 11.3 Å². The van der Waals surface area contributed by atoms with E-state index in [9.17, 15) is 4.79 Å². The molecule has 2 aliphatic heterocycles. The predicted octanol–water partition coefficient (Wildman–Crippen LogP) is 3.46. The van der Waals surface area contributed by atoms with Crippen molar-refractivity contribution in [2.24, 2.45) is 5.92 Å². The largest absolute Gasteiger partial charge is 0.378 e. The van der Waals surface area contributed by atoms with E-state index in [-0.39, 0.29) is 5.91 Å². The van der Waals surface area contributed by atoms with E-state index in [0.717, 1.165) is 37.1 Å². The summed E-state index contributed by atoms with van der Waals surface area (Å²) in [5.41, 5.74) is 4.56. The van der Waals surface area contributed by atoms with Crippen LogP contribution < -0.4 is 16.0 Å². The lowest BCUT2D eigenvalue weighted by Crippen LogP contribution is -2.33. The molecule has 1 aromatic carbocycles. The monoisotopic (exact) mass is 339 g/mol. The van der Waals surface area contributed by atoms with Gasteiger partial charge in [0.2, 0.25) is 0 Å². The van der Waals surface area contributed by atoms with Crippen molar-refractivity contribution in [3.8, 4) is 0 Å². The Hall–Kier alpha value is -1.85. The van der Waals surface area contributed by atoms with Crippen LogP contribution in [-0.4, -0.2) is 18.5 Å². The van der Waals surface area contributed by atoms with E-state index < -0.39 is 0 Å². The summed E-state index contributed by atoms with van der Waals surface area (Å²) >= 11 is 1.75. The molecule has 5 rings (SSSR count). The van der Waals surface area contributed by atoms with Crippen LogP contribution in [0, 0.1) is 5.92 Å². The molecule has 1 saturated heterocycles. The fourth-order valence-electron chi connectivity index (χ4n) is 4.07. The van der Waals surface area contributed by atoms with E-state index in [1.54, 1.807) is 11.3 Å². The van der Waals surface area contributed by atoms with Crippen LogP contribution in [0.5, 0.6) is 0 Å². The molecule has 1 saturated carbocycles. The highest BCUT2D eigenvalue weighted by atomic mass is 32.1. The minimum Gasteiger partial charge on any atom is -0.378 e. The molecule has 0 bridgehead atoms. The molecule has 2 aromatic rings. The van der Waals surface area contributed by atoms with Crippen molar-refractivity contribution < 1.29 is 4.79 Å². The lowest BCUT2D eigenvalue weighted by atomic mass is 9.80. The van der Waals surface area contributed by atoms with Crippen molar-refractivity contribution in [1.82, 2.24) is 10.6 Å². The average Bonchev–Trinajstić information content (AvgIpc) is 3.07. The SMILES string of the molecule is O=C(NC1CC1)c1ccc2c(c1)C1NCCC1C(c1ccsc1)N2. The van der Waals surface area contributed by atoms with E-state index in [1.807, 2.05) is 6.07 Å². The van der Waals surface area contributed by atoms with Crippen molar-refractivity contribution in [3.05, 3.63) is 51.7 Å². The summed E-state index contributed by atoms with van der Waals surface area (Å²) in [5.74, 6) is 0.601. The number of benzene rings is 1. The van der Waals surface area contributed by atoms with Crippen LogP contribution in [0.3, 0.4) is 0 Å². The third kappa shape index (κ3) is 2.43. The molecular weight excluding hydrogens is 318 g/mol. The summed E-state index contributed by atoms with van der Waals surface area (Å²) < 4.78 is 0. The van der Waals surface area contributed by atoms with Gasteiger partial charge in [-0.2, -0.15) is 11.3 Å². The zero-order valence-electron chi connectivity index (χ0n) is 13.4. The standard InChI is InChI=1S/C19H21N3OS/c23-19(21-13-2-3-13)11-1-4-16-15(9-11)18-14(5-7-20-18)17(22-16)12-6-8-24-10-12/h1,4,6,8-10,13-14,17-18,20,22H,2-3,5,7H2,(H,21,23). The van der Waals surface area contributed by atoms with Gasteiger partial charge in [-0.1, -0.05) is 0 Å². The molecule has 24 heavy (non-hydrogen) atoms. The van der Waals surface area contributed by atoms with Gasteiger partial charge in [-0.25, -0.2) is 0 Å². The molecule has 0 radical (unpaired) electrons. The van der Waals surface area contributed by atoms with Crippen molar-refractivity contribution in [2.75, 3.05) is 11.9 Å². The van der Waals surface area contributed by atoms with Crippen LogP contribution in [0.1, 0.15) is 52.8 Å². The van der Waals surface area contributed by atoms with Gasteiger partial charge in [0.15, 0.2) is 0 Å². The van der Waals surface area contributed by atoms with Gasteiger partial charge in [-0.3, -0.25) is 4.79 Å². The van der Waals surface area contributed by atoms with Gasteiger partial charge in [-0.05, 0) is 72.0 Å². The lowest BCUT2D eigenvalue weighted by molar-refractivity contribution is 0.0951. The first kappa shape index (κ1) is 14.5. The molecule has 5 heteroatoms. The molecule has 3 aliphatic rings. The van der Waals surface area contributed by atoms with Crippen LogP contribution in [-0.2, 0) is 0 Å². The highest BCUT2D eigenvalue weighted by Crippen LogP contribution is 2.47. The van der Waals surface area contributed by atoms with E-state index >= 15 is 0 Å². The van der Waals surface area contributed by atoms with Gasteiger partial charge in [0.05, 0.1) is 6.04 Å². The molecule has 1 aromatic heterocycles. The Morgan fingerprint density at radius 3 is 2.88 bits per heavy atom. The van der Waals surface area contributed by atoms with Crippen molar-refractivity contribution in [2.45, 2.75) is 37.4 Å². The number of nitrogens with one attached hydrogen (secondary N) is 3. The second-order valence-electron chi connectivity index (χ2n) is 7.11. The Bertz CT molecular complexity index is 769. The second-order valence-corrected chi connectivity index (χ2v) is 7.89. The molecule has 3 N–H and O–H groups in total. The zero-order chi connectivity index (χ0) is 16.1. The van der Waals surface area contributed by atoms with Gasteiger partial charge in [0.25, 0.3) is 5.91 Å². The van der Waals surface area contributed by atoms with E-state index in [4.69, 9.17) is 0 Å². The molecule has 124 valence electrons. The molecule has 1 amide bonds. The van der Waals surface area contributed by atoms with Crippen molar-refractivity contribution in [3.63, 3.8) is 0 Å². The molecular formula is C19H21N3OS. The van der Waals surface area contributed by atoms with Gasteiger partial charge in [0, 0.05) is 29.3 Å². The van der Waals surface area contributed by atoms with Crippen molar-refractivity contribution >= 4 is 22.9 Å². The molecule has 3 unspecified atom stereocenters. The number of rotatable bonds is 3. The van der Waals surface area contributed by atoms with Gasteiger partial charge in [-0.15, -0.1) is 0 Å². The fourth-order valence-corrected chi connectivity index (χ4v) is 4.77. The van der Waals surface area contributed by atoms with E-state index in [0.29, 0.717) is 24.0 Å². The number of amides is 1. The predicted molar refractivity (Wildman–Crippen MR) is 96.5 cm³/mol. The van der Waals surface area contributed by atoms with E-state index in [1.165, 1.54) is 11.1 Å². The average molecular weight is 339 g/mol. The summed E-state index contributed by atoms with van der Waals surface area (Å²) in [6.07, 6.45) is 3.40. The zero-order valence-corrected chi connectivity index (χ0v) is 14.2. The van der Waals surface area contributed by atoms with Gasteiger partial charge in [0.1, 0.15) is 0 Å². The number of carbonyl (C=O) groups excluding carboxylic acids is 1. The Labute approximate surface area is 145 Å². The first-order chi connectivity index (χ1) is 11.8. The van der Waals surface area contributed by atoms with Crippen LogP contribution in [0.4, 0.5) is 5.69 Å². The smallest absolute Gasteiger partial charge is 0.251 e. The van der Waals surface area contributed by atoms with E-state index in [2.05, 4.69) is 44.9 Å². The van der Waals surface area contributed by atoms with Gasteiger partial charge < -0.3 is 16.0 Å². The summed E-state index contributed by atoms with van der Waals surface area (Å²) in [7, 11) is 0. The Morgan fingerprint density at radius 1 is 1.17 bits per heavy atom. The minimum atomic E-state index is 0.0646. The summed E-state index contributed by atoms with van der Waals surface area (Å²) in [4.78, 5) is 12.4. The Kier molecular flexibility index (Phi) is 3.38. The normalized spacial score (nSPS) is 27.9. The highest BCUT2D eigenvalue weighted by Gasteiger charge is 2.40. The third-order valence-corrected chi connectivity index (χ3v) is 6.17. The number of carbonyl (C=O) groups is 1. The fraction of sp³-hybridized carbons (Fsp3) is 0.421. The molecule has 3 atom stereocenters. The number of anilines is 1. The second kappa shape index (κ2) is 5.60. The maximum atomic E-state index is 12.4. The highest BCUT2D eigenvalue weighted by molar-refractivity contribution is 7.08. The third-order valence-electron chi connectivity index (χ3n) is 5.47. The number of fused-ring (bicyclic) bond motifs is 3. The van der Waals surface area contributed by atoms with Crippen LogP contribution in [0.15, 0.2) is 35.0 Å². The maximum Gasteiger partial charge on any atom is 0.251 e. The number of hydrogen-bond donors (Lipinski definition) is 3. The topological polar surface area (TPSA) is 53.2 Å². The molecule has 2 fully saturated rings. The molecule has 1 aliphatic carbocycles.